The highest BCUT2D eigenvalue weighted by Crippen LogP contribution is 2.24. The predicted molar refractivity (Wildman–Crippen MR) is 77.6 cm³/mol. The van der Waals surface area contributed by atoms with E-state index in [1.807, 2.05) is 13.0 Å². The van der Waals surface area contributed by atoms with Gasteiger partial charge in [-0.3, -0.25) is 0 Å². The molecule has 0 spiro atoms. The van der Waals surface area contributed by atoms with E-state index in [1.54, 1.807) is 0 Å². The third kappa shape index (κ3) is 3.56. The second-order valence-electron chi connectivity index (χ2n) is 5.48. The summed E-state index contributed by atoms with van der Waals surface area (Å²) in [7, 11) is 0. The second-order valence-corrected chi connectivity index (χ2v) is 5.48. The van der Waals surface area contributed by atoms with Crippen LogP contribution < -0.4 is 10.2 Å². The molecule has 0 radical (unpaired) electrons. The van der Waals surface area contributed by atoms with E-state index in [9.17, 15) is 5.11 Å². The Morgan fingerprint density at radius 3 is 2.89 bits per heavy atom. The van der Waals surface area contributed by atoms with Crippen LogP contribution in [0.1, 0.15) is 38.9 Å². The molecule has 19 heavy (non-hydrogen) atoms. The Morgan fingerprint density at radius 2 is 2.21 bits per heavy atom. The summed E-state index contributed by atoms with van der Waals surface area (Å²) in [5.74, 6) is 2.55. The average molecular weight is 264 g/mol. The van der Waals surface area contributed by atoms with Crippen molar-refractivity contribution >= 4 is 11.6 Å². The first-order chi connectivity index (χ1) is 9.10. The summed E-state index contributed by atoms with van der Waals surface area (Å²) < 4.78 is 0. The molecular weight excluding hydrogens is 240 g/mol. The van der Waals surface area contributed by atoms with Gasteiger partial charge < -0.3 is 15.3 Å². The molecule has 1 aromatic rings. The fraction of sp³-hybridized carbons (Fsp3) is 0.714. The maximum atomic E-state index is 9.51. The van der Waals surface area contributed by atoms with Crippen molar-refractivity contribution in [2.24, 2.45) is 0 Å². The molecule has 0 aliphatic carbocycles. The van der Waals surface area contributed by atoms with Gasteiger partial charge >= 0.3 is 0 Å². The van der Waals surface area contributed by atoms with Crippen molar-refractivity contribution in [1.29, 1.82) is 0 Å². The zero-order valence-electron chi connectivity index (χ0n) is 12.1. The summed E-state index contributed by atoms with van der Waals surface area (Å²) in [5, 5.41) is 12.8. The van der Waals surface area contributed by atoms with Crippen molar-refractivity contribution in [1.82, 2.24) is 9.97 Å². The summed E-state index contributed by atoms with van der Waals surface area (Å²) in [4.78, 5) is 11.1. The van der Waals surface area contributed by atoms with Gasteiger partial charge in [0.15, 0.2) is 0 Å². The number of piperidine rings is 1. The van der Waals surface area contributed by atoms with E-state index in [0.29, 0.717) is 6.04 Å². The minimum absolute atomic E-state index is 0.190. The first-order valence-corrected chi connectivity index (χ1v) is 7.10. The summed E-state index contributed by atoms with van der Waals surface area (Å²) in [6.07, 6.45) is 3.38. The van der Waals surface area contributed by atoms with Crippen LogP contribution in [0.25, 0.3) is 0 Å². The summed E-state index contributed by atoms with van der Waals surface area (Å²) in [6, 6.07) is 2.52. The van der Waals surface area contributed by atoms with Crippen LogP contribution >= 0.6 is 0 Å². The third-order valence-corrected chi connectivity index (χ3v) is 3.39. The topological polar surface area (TPSA) is 61.3 Å². The van der Waals surface area contributed by atoms with E-state index >= 15 is 0 Å². The Labute approximate surface area is 115 Å². The standard InChI is InChI=1S/C14H24N4O/c1-10(2)15-13-8-14(17-11(3)16-13)18-7-5-4-6-12(18)9-19/h8,10,12,19H,4-7,9H2,1-3H3,(H,15,16,17). The van der Waals surface area contributed by atoms with Crippen LogP contribution in [0.5, 0.6) is 0 Å². The van der Waals surface area contributed by atoms with Crippen molar-refractivity contribution < 1.29 is 5.11 Å². The summed E-state index contributed by atoms with van der Waals surface area (Å²) in [6.45, 7) is 7.24. The number of aryl methyl sites for hydroxylation is 1. The van der Waals surface area contributed by atoms with E-state index in [1.165, 1.54) is 6.42 Å². The van der Waals surface area contributed by atoms with Gasteiger partial charge in [-0.2, -0.15) is 0 Å². The molecule has 1 unspecified atom stereocenters. The Bertz CT molecular complexity index is 422. The lowest BCUT2D eigenvalue weighted by Crippen LogP contribution is -2.42. The molecule has 1 aliphatic rings. The van der Waals surface area contributed by atoms with Crippen LogP contribution in [0.2, 0.25) is 0 Å². The summed E-state index contributed by atoms with van der Waals surface area (Å²) in [5.41, 5.74) is 0. The number of aliphatic hydroxyl groups excluding tert-OH is 1. The van der Waals surface area contributed by atoms with Gasteiger partial charge in [-0.25, -0.2) is 9.97 Å². The fourth-order valence-electron chi connectivity index (χ4n) is 2.56. The Morgan fingerprint density at radius 1 is 1.42 bits per heavy atom. The highest BCUT2D eigenvalue weighted by Gasteiger charge is 2.23. The first kappa shape index (κ1) is 14.1. The SMILES string of the molecule is Cc1nc(NC(C)C)cc(N2CCCCC2CO)n1. The van der Waals surface area contributed by atoms with Crippen molar-refractivity contribution in [2.75, 3.05) is 23.4 Å². The zero-order chi connectivity index (χ0) is 13.8. The lowest BCUT2D eigenvalue weighted by Gasteiger charge is -2.35. The molecule has 1 atom stereocenters. The van der Waals surface area contributed by atoms with Gasteiger partial charge in [-0.15, -0.1) is 0 Å². The van der Waals surface area contributed by atoms with Gasteiger partial charge in [0.05, 0.1) is 12.6 Å². The van der Waals surface area contributed by atoms with E-state index < -0.39 is 0 Å². The Kier molecular flexibility index (Phi) is 4.58. The monoisotopic (exact) mass is 264 g/mol. The smallest absolute Gasteiger partial charge is 0.134 e. The molecule has 0 amide bonds. The summed E-state index contributed by atoms with van der Waals surface area (Å²) >= 11 is 0. The van der Waals surface area contributed by atoms with Gasteiger partial charge in [0.1, 0.15) is 17.5 Å². The molecule has 0 aromatic carbocycles. The molecule has 1 aliphatic heterocycles. The lowest BCUT2D eigenvalue weighted by molar-refractivity contribution is 0.239. The number of anilines is 2. The first-order valence-electron chi connectivity index (χ1n) is 7.10. The molecule has 2 rings (SSSR count). The number of hydrogen-bond donors (Lipinski definition) is 2. The Balaban J connectivity index is 2.24. The highest BCUT2D eigenvalue weighted by molar-refractivity contribution is 5.50. The van der Waals surface area contributed by atoms with E-state index in [4.69, 9.17) is 0 Å². The molecular formula is C14H24N4O. The zero-order valence-corrected chi connectivity index (χ0v) is 12.1. The number of hydrogen-bond acceptors (Lipinski definition) is 5. The number of aromatic nitrogens is 2. The maximum absolute atomic E-state index is 9.51. The van der Waals surface area contributed by atoms with Gasteiger partial charge in [0.2, 0.25) is 0 Å². The van der Waals surface area contributed by atoms with Gasteiger partial charge in [0.25, 0.3) is 0 Å². The largest absolute Gasteiger partial charge is 0.394 e. The van der Waals surface area contributed by atoms with Crippen molar-refractivity contribution in [3.8, 4) is 0 Å². The molecule has 5 heteroatoms. The lowest BCUT2D eigenvalue weighted by atomic mass is 10.0. The van der Waals surface area contributed by atoms with E-state index in [-0.39, 0.29) is 12.6 Å². The maximum Gasteiger partial charge on any atom is 0.134 e. The molecule has 1 aromatic heterocycles. The van der Waals surface area contributed by atoms with Crippen LogP contribution in [0, 0.1) is 6.92 Å². The van der Waals surface area contributed by atoms with E-state index in [2.05, 4.69) is 34.0 Å². The molecule has 5 nitrogen and oxygen atoms in total. The number of aliphatic hydroxyl groups is 1. The molecule has 106 valence electrons. The third-order valence-electron chi connectivity index (χ3n) is 3.39. The molecule has 2 N–H and O–H groups in total. The highest BCUT2D eigenvalue weighted by atomic mass is 16.3. The quantitative estimate of drug-likeness (QED) is 0.870. The predicted octanol–water partition coefficient (Wildman–Crippen LogP) is 1.96. The molecule has 1 saturated heterocycles. The normalized spacial score (nSPS) is 19.8. The van der Waals surface area contributed by atoms with Gasteiger partial charge in [0, 0.05) is 18.7 Å². The van der Waals surface area contributed by atoms with Crippen LogP contribution in [0.3, 0.4) is 0 Å². The molecule has 0 bridgehead atoms. The minimum atomic E-state index is 0.190. The van der Waals surface area contributed by atoms with Gasteiger partial charge in [-0.05, 0) is 40.0 Å². The van der Waals surface area contributed by atoms with Crippen molar-refractivity contribution in [3.05, 3.63) is 11.9 Å². The fourth-order valence-corrected chi connectivity index (χ4v) is 2.56. The van der Waals surface area contributed by atoms with Crippen molar-refractivity contribution in [2.45, 2.75) is 52.1 Å². The van der Waals surface area contributed by atoms with Crippen LogP contribution in [-0.2, 0) is 0 Å². The molecule has 2 heterocycles. The second kappa shape index (κ2) is 6.19. The number of rotatable bonds is 4. The van der Waals surface area contributed by atoms with Gasteiger partial charge in [-0.1, -0.05) is 0 Å². The van der Waals surface area contributed by atoms with Crippen LogP contribution in [0.4, 0.5) is 11.6 Å². The van der Waals surface area contributed by atoms with Crippen LogP contribution in [0.15, 0.2) is 6.07 Å². The van der Waals surface area contributed by atoms with E-state index in [0.717, 1.165) is 36.8 Å². The number of nitrogens with zero attached hydrogens (tertiary/aromatic N) is 3. The van der Waals surface area contributed by atoms with Crippen LogP contribution in [-0.4, -0.2) is 40.3 Å². The molecule has 0 saturated carbocycles. The Hall–Kier alpha value is -1.36. The molecule has 1 fully saturated rings. The van der Waals surface area contributed by atoms with Crippen molar-refractivity contribution in [3.63, 3.8) is 0 Å². The average Bonchev–Trinajstić information content (AvgIpc) is 2.37. The minimum Gasteiger partial charge on any atom is -0.394 e. The number of nitrogens with one attached hydrogen (secondary N) is 1.